The Hall–Kier alpha value is -1.48. The molecule has 0 amide bonds. The molecule has 2 aromatic rings. The Bertz CT molecular complexity index is 489. The Morgan fingerprint density at radius 1 is 1.31 bits per heavy atom. The van der Waals surface area contributed by atoms with Gasteiger partial charge >= 0.3 is 0 Å². The lowest BCUT2D eigenvalue weighted by molar-refractivity contribution is 0.200. The molecule has 1 aromatic heterocycles. The maximum Gasteiger partial charge on any atom is 0.124 e. The highest BCUT2D eigenvalue weighted by Gasteiger charge is 2.22. The summed E-state index contributed by atoms with van der Waals surface area (Å²) in [6.45, 7) is 1.56. The molecule has 0 spiro atoms. The van der Waals surface area contributed by atoms with E-state index < -0.39 is 5.67 Å². The number of aromatic nitrogens is 1. The second-order valence-electron chi connectivity index (χ2n) is 4.28. The third-order valence-corrected chi connectivity index (χ3v) is 2.72. The van der Waals surface area contributed by atoms with Crippen molar-refractivity contribution in [3.63, 3.8) is 0 Å². The van der Waals surface area contributed by atoms with Crippen LogP contribution in [-0.4, -0.2) is 17.2 Å². The smallest absolute Gasteiger partial charge is 0.124 e. The van der Waals surface area contributed by atoms with Crippen LogP contribution in [0.15, 0.2) is 36.5 Å². The Labute approximate surface area is 94.3 Å². The molecule has 2 rings (SSSR count). The first kappa shape index (κ1) is 11.0. The molecule has 0 radical (unpaired) electrons. The van der Waals surface area contributed by atoms with Gasteiger partial charge in [-0.25, -0.2) is 4.39 Å². The van der Waals surface area contributed by atoms with Gasteiger partial charge in [0.15, 0.2) is 0 Å². The number of hydrogen-bond acceptors (Lipinski definition) is 2. The van der Waals surface area contributed by atoms with Crippen molar-refractivity contribution in [1.29, 1.82) is 0 Å². The van der Waals surface area contributed by atoms with Gasteiger partial charge in [0.2, 0.25) is 0 Å². The Balaban J connectivity index is 2.45. The van der Waals surface area contributed by atoms with Crippen molar-refractivity contribution in [2.45, 2.75) is 19.0 Å². The molecular weight excluding hydrogens is 203 g/mol. The van der Waals surface area contributed by atoms with E-state index >= 15 is 0 Å². The second kappa shape index (κ2) is 4.18. The SMILES string of the molecule is CC(F)(CN)Cc1ccnc2ccccc12. The maximum atomic E-state index is 13.9. The van der Waals surface area contributed by atoms with Gasteiger partial charge in [-0.2, -0.15) is 0 Å². The third kappa shape index (κ3) is 2.19. The van der Waals surface area contributed by atoms with Crippen molar-refractivity contribution in [3.8, 4) is 0 Å². The van der Waals surface area contributed by atoms with E-state index in [2.05, 4.69) is 4.98 Å². The number of hydrogen-bond donors (Lipinski definition) is 1. The van der Waals surface area contributed by atoms with Crippen LogP contribution in [0.5, 0.6) is 0 Å². The number of halogens is 1. The lowest BCUT2D eigenvalue weighted by Gasteiger charge is -2.18. The fourth-order valence-corrected chi connectivity index (χ4v) is 1.78. The largest absolute Gasteiger partial charge is 0.328 e. The topological polar surface area (TPSA) is 38.9 Å². The first-order chi connectivity index (χ1) is 7.62. The molecule has 1 heterocycles. The number of alkyl halides is 1. The summed E-state index contributed by atoms with van der Waals surface area (Å²) in [6, 6.07) is 9.61. The monoisotopic (exact) mass is 218 g/mol. The van der Waals surface area contributed by atoms with Crippen molar-refractivity contribution in [1.82, 2.24) is 4.98 Å². The molecule has 84 valence electrons. The summed E-state index contributed by atoms with van der Waals surface area (Å²) < 4.78 is 13.9. The van der Waals surface area contributed by atoms with E-state index in [1.807, 2.05) is 30.3 Å². The van der Waals surface area contributed by atoms with Gasteiger partial charge in [0, 0.05) is 24.5 Å². The van der Waals surface area contributed by atoms with Gasteiger partial charge in [0.05, 0.1) is 5.52 Å². The third-order valence-electron chi connectivity index (χ3n) is 2.72. The van der Waals surface area contributed by atoms with Crippen LogP contribution in [0.4, 0.5) is 4.39 Å². The van der Waals surface area contributed by atoms with Crippen LogP contribution in [0.3, 0.4) is 0 Å². The van der Waals surface area contributed by atoms with Crippen molar-refractivity contribution < 1.29 is 4.39 Å². The molecule has 0 saturated carbocycles. The highest BCUT2D eigenvalue weighted by Crippen LogP contribution is 2.22. The summed E-state index contributed by atoms with van der Waals surface area (Å²) in [6.07, 6.45) is 2.04. The first-order valence-electron chi connectivity index (χ1n) is 5.34. The molecular formula is C13H15FN2. The van der Waals surface area contributed by atoms with Crippen LogP contribution in [0.2, 0.25) is 0 Å². The average Bonchev–Trinajstić information content (AvgIpc) is 2.29. The van der Waals surface area contributed by atoms with E-state index in [4.69, 9.17) is 5.73 Å². The number of nitrogens with zero attached hydrogens (tertiary/aromatic N) is 1. The van der Waals surface area contributed by atoms with Crippen LogP contribution in [0.25, 0.3) is 10.9 Å². The molecule has 2 nitrogen and oxygen atoms in total. The number of fused-ring (bicyclic) bond motifs is 1. The molecule has 0 aliphatic carbocycles. The summed E-state index contributed by atoms with van der Waals surface area (Å²) in [5.41, 5.74) is 5.91. The Morgan fingerprint density at radius 3 is 2.81 bits per heavy atom. The Morgan fingerprint density at radius 2 is 2.06 bits per heavy atom. The Kier molecular flexibility index (Phi) is 2.88. The second-order valence-corrected chi connectivity index (χ2v) is 4.28. The lowest BCUT2D eigenvalue weighted by Crippen LogP contribution is -2.31. The minimum Gasteiger partial charge on any atom is -0.328 e. The zero-order valence-corrected chi connectivity index (χ0v) is 9.28. The van der Waals surface area contributed by atoms with E-state index in [0.29, 0.717) is 6.42 Å². The van der Waals surface area contributed by atoms with Gasteiger partial charge < -0.3 is 5.73 Å². The molecule has 1 atom stereocenters. The highest BCUT2D eigenvalue weighted by molar-refractivity contribution is 5.81. The normalized spacial score (nSPS) is 14.9. The van der Waals surface area contributed by atoms with E-state index in [0.717, 1.165) is 16.5 Å². The van der Waals surface area contributed by atoms with Gasteiger partial charge in [-0.15, -0.1) is 0 Å². The highest BCUT2D eigenvalue weighted by atomic mass is 19.1. The molecule has 1 aromatic carbocycles. The number of pyridine rings is 1. The summed E-state index contributed by atoms with van der Waals surface area (Å²) in [7, 11) is 0. The van der Waals surface area contributed by atoms with Crippen molar-refractivity contribution in [2.75, 3.05) is 6.54 Å². The minimum atomic E-state index is -1.36. The molecule has 1 unspecified atom stereocenters. The van der Waals surface area contributed by atoms with Gasteiger partial charge in [0.1, 0.15) is 5.67 Å². The summed E-state index contributed by atoms with van der Waals surface area (Å²) in [4.78, 5) is 4.24. The van der Waals surface area contributed by atoms with Crippen LogP contribution in [-0.2, 0) is 6.42 Å². The maximum absolute atomic E-state index is 13.9. The first-order valence-corrected chi connectivity index (χ1v) is 5.34. The van der Waals surface area contributed by atoms with Crippen LogP contribution in [0, 0.1) is 0 Å². The average molecular weight is 218 g/mol. The molecule has 3 heteroatoms. The van der Waals surface area contributed by atoms with Gasteiger partial charge in [0.25, 0.3) is 0 Å². The number of nitrogens with two attached hydrogens (primary N) is 1. The fraction of sp³-hybridized carbons (Fsp3) is 0.308. The molecule has 0 saturated heterocycles. The van der Waals surface area contributed by atoms with Crippen LogP contribution < -0.4 is 5.73 Å². The summed E-state index contributed by atoms with van der Waals surface area (Å²) >= 11 is 0. The van der Waals surface area contributed by atoms with E-state index in [1.165, 1.54) is 6.92 Å². The zero-order chi connectivity index (χ0) is 11.6. The lowest BCUT2D eigenvalue weighted by atomic mass is 9.96. The molecule has 0 aliphatic rings. The predicted octanol–water partition coefficient (Wildman–Crippen LogP) is 2.46. The molecule has 0 aliphatic heterocycles. The van der Waals surface area contributed by atoms with Gasteiger partial charge in [-0.1, -0.05) is 18.2 Å². The van der Waals surface area contributed by atoms with Crippen LogP contribution in [0.1, 0.15) is 12.5 Å². The molecule has 0 bridgehead atoms. The van der Waals surface area contributed by atoms with Crippen molar-refractivity contribution in [2.24, 2.45) is 5.73 Å². The predicted molar refractivity (Wildman–Crippen MR) is 64.0 cm³/mol. The number of rotatable bonds is 3. The number of benzene rings is 1. The standard InChI is InChI=1S/C13H15FN2/c1-13(14,9-15)8-10-6-7-16-12-5-3-2-4-11(10)12/h2-7H,8-9,15H2,1H3. The fourth-order valence-electron chi connectivity index (χ4n) is 1.78. The molecule has 2 N–H and O–H groups in total. The minimum absolute atomic E-state index is 0.0314. The number of para-hydroxylation sites is 1. The van der Waals surface area contributed by atoms with Crippen molar-refractivity contribution >= 4 is 10.9 Å². The van der Waals surface area contributed by atoms with E-state index in [9.17, 15) is 4.39 Å². The van der Waals surface area contributed by atoms with Gasteiger partial charge in [-0.05, 0) is 24.6 Å². The van der Waals surface area contributed by atoms with Crippen molar-refractivity contribution in [3.05, 3.63) is 42.1 Å². The van der Waals surface area contributed by atoms with E-state index in [-0.39, 0.29) is 6.54 Å². The quantitative estimate of drug-likeness (QED) is 0.859. The zero-order valence-electron chi connectivity index (χ0n) is 9.28. The van der Waals surface area contributed by atoms with Crippen LogP contribution >= 0.6 is 0 Å². The molecule has 0 fully saturated rings. The van der Waals surface area contributed by atoms with Gasteiger partial charge in [-0.3, -0.25) is 4.98 Å². The van der Waals surface area contributed by atoms with E-state index in [1.54, 1.807) is 6.20 Å². The summed E-state index contributed by atoms with van der Waals surface area (Å²) in [5, 5.41) is 1.00. The summed E-state index contributed by atoms with van der Waals surface area (Å²) in [5.74, 6) is 0. The molecule has 16 heavy (non-hydrogen) atoms.